The number of halogens is 2. The number of hydrogen-bond acceptors (Lipinski definition) is 3. The molecule has 0 spiro atoms. The van der Waals surface area contributed by atoms with E-state index in [2.05, 4.69) is 16.5 Å². The molecule has 0 aliphatic rings. The van der Waals surface area contributed by atoms with Crippen LogP contribution in [-0.4, -0.2) is 16.6 Å². The minimum absolute atomic E-state index is 0.0132. The maximum absolute atomic E-state index is 13.9. The minimum atomic E-state index is -0.722. The zero-order valence-corrected chi connectivity index (χ0v) is 11.1. The van der Waals surface area contributed by atoms with Crippen LogP contribution in [0, 0.1) is 5.82 Å². The molecule has 2 aromatic rings. The van der Waals surface area contributed by atoms with Crippen LogP contribution in [0.1, 0.15) is 12.6 Å². The van der Waals surface area contributed by atoms with Gasteiger partial charge in [-0.3, -0.25) is 0 Å². The summed E-state index contributed by atoms with van der Waals surface area (Å²) in [4.78, 5) is 8.06. The molecular formula is C14H12ClFN2O. The average molecular weight is 279 g/mol. The lowest BCUT2D eigenvalue weighted by atomic mass is 10.2. The van der Waals surface area contributed by atoms with Crippen LogP contribution in [0.3, 0.4) is 0 Å². The second kappa shape index (κ2) is 5.80. The number of ether oxygens (including phenoxy) is 1. The molecule has 5 heteroatoms. The van der Waals surface area contributed by atoms with Gasteiger partial charge in [-0.2, -0.15) is 0 Å². The highest BCUT2D eigenvalue weighted by molar-refractivity contribution is 6.29. The Bertz CT molecular complexity index is 602. The van der Waals surface area contributed by atoms with Gasteiger partial charge in [-0.25, -0.2) is 14.4 Å². The molecule has 3 nitrogen and oxygen atoms in total. The van der Waals surface area contributed by atoms with Gasteiger partial charge in [-0.15, -0.1) is 0 Å². The van der Waals surface area contributed by atoms with Crippen molar-refractivity contribution in [3.8, 4) is 11.4 Å². The Kier molecular flexibility index (Phi) is 4.12. The SMILES string of the molecule is C=C(OCC)c1nc(-c2ccccc2)nc(Cl)c1F. The third kappa shape index (κ3) is 2.90. The molecule has 0 atom stereocenters. The predicted octanol–water partition coefficient (Wildman–Crippen LogP) is 3.94. The molecule has 1 aromatic carbocycles. The quantitative estimate of drug-likeness (QED) is 0.627. The first-order valence-corrected chi connectivity index (χ1v) is 6.11. The van der Waals surface area contributed by atoms with Gasteiger partial charge in [0.05, 0.1) is 6.61 Å². The first kappa shape index (κ1) is 13.5. The van der Waals surface area contributed by atoms with Crippen LogP contribution in [-0.2, 0) is 4.74 Å². The Morgan fingerprint density at radius 3 is 2.63 bits per heavy atom. The van der Waals surface area contributed by atoms with Gasteiger partial charge in [0.25, 0.3) is 0 Å². The zero-order chi connectivity index (χ0) is 13.8. The zero-order valence-electron chi connectivity index (χ0n) is 10.4. The highest BCUT2D eigenvalue weighted by Gasteiger charge is 2.17. The Morgan fingerprint density at radius 1 is 1.32 bits per heavy atom. The van der Waals surface area contributed by atoms with Crippen molar-refractivity contribution in [2.75, 3.05) is 6.61 Å². The van der Waals surface area contributed by atoms with Gasteiger partial charge >= 0.3 is 0 Å². The van der Waals surface area contributed by atoms with Crippen LogP contribution >= 0.6 is 11.6 Å². The van der Waals surface area contributed by atoms with E-state index in [1.54, 1.807) is 6.92 Å². The van der Waals surface area contributed by atoms with Crippen molar-refractivity contribution in [3.05, 3.63) is 53.6 Å². The van der Waals surface area contributed by atoms with Gasteiger partial charge in [0.2, 0.25) is 0 Å². The van der Waals surface area contributed by atoms with Crippen LogP contribution in [0.5, 0.6) is 0 Å². The Hall–Kier alpha value is -1.94. The van der Waals surface area contributed by atoms with Gasteiger partial charge in [0.1, 0.15) is 11.5 Å². The molecule has 0 N–H and O–H groups in total. The highest BCUT2D eigenvalue weighted by atomic mass is 35.5. The second-order valence-electron chi connectivity index (χ2n) is 3.72. The molecule has 0 saturated carbocycles. The number of aromatic nitrogens is 2. The van der Waals surface area contributed by atoms with Gasteiger partial charge < -0.3 is 4.74 Å². The summed E-state index contributed by atoms with van der Waals surface area (Å²) in [6, 6.07) is 9.18. The lowest BCUT2D eigenvalue weighted by molar-refractivity contribution is 0.295. The fraction of sp³-hybridized carbons (Fsp3) is 0.143. The largest absolute Gasteiger partial charge is 0.492 e. The summed E-state index contributed by atoms with van der Waals surface area (Å²) < 4.78 is 19.0. The van der Waals surface area contributed by atoms with E-state index in [0.717, 1.165) is 5.56 Å². The van der Waals surface area contributed by atoms with E-state index in [-0.39, 0.29) is 16.6 Å². The number of nitrogens with zero attached hydrogens (tertiary/aromatic N) is 2. The van der Waals surface area contributed by atoms with E-state index in [1.807, 2.05) is 30.3 Å². The molecule has 19 heavy (non-hydrogen) atoms. The molecule has 0 aliphatic carbocycles. The molecule has 0 amide bonds. The molecule has 0 bridgehead atoms. The normalized spacial score (nSPS) is 10.3. The Labute approximate surface area is 115 Å². The minimum Gasteiger partial charge on any atom is -0.492 e. The van der Waals surface area contributed by atoms with Crippen molar-refractivity contribution in [2.24, 2.45) is 0 Å². The van der Waals surface area contributed by atoms with E-state index in [9.17, 15) is 4.39 Å². The third-order valence-corrected chi connectivity index (χ3v) is 2.68. The molecule has 0 aliphatic heterocycles. The summed E-state index contributed by atoms with van der Waals surface area (Å²) in [7, 11) is 0. The first-order valence-electron chi connectivity index (χ1n) is 5.74. The number of hydrogen-bond donors (Lipinski definition) is 0. The Balaban J connectivity index is 2.51. The van der Waals surface area contributed by atoms with Crippen LogP contribution in [0.2, 0.25) is 5.15 Å². The van der Waals surface area contributed by atoms with Crippen molar-refractivity contribution in [1.82, 2.24) is 9.97 Å². The van der Waals surface area contributed by atoms with Gasteiger partial charge in [0.15, 0.2) is 16.8 Å². The van der Waals surface area contributed by atoms with Gasteiger partial charge in [-0.05, 0) is 6.92 Å². The monoisotopic (exact) mass is 278 g/mol. The molecule has 0 saturated heterocycles. The predicted molar refractivity (Wildman–Crippen MR) is 73.1 cm³/mol. The molecule has 0 fully saturated rings. The van der Waals surface area contributed by atoms with E-state index in [1.165, 1.54) is 0 Å². The molecular weight excluding hydrogens is 267 g/mol. The summed E-state index contributed by atoms with van der Waals surface area (Å²) in [6.07, 6.45) is 0. The van der Waals surface area contributed by atoms with Crippen LogP contribution in [0.15, 0.2) is 36.9 Å². The molecule has 98 valence electrons. The lowest BCUT2D eigenvalue weighted by Gasteiger charge is -2.09. The van der Waals surface area contributed by atoms with Crippen molar-refractivity contribution >= 4 is 17.4 Å². The summed E-state index contributed by atoms with van der Waals surface area (Å²) in [5.41, 5.74) is 0.732. The second-order valence-corrected chi connectivity index (χ2v) is 4.08. The fourth-order valence-electron chi connectivity index (χ4n) is 1.56. The van der Waals surface area contributed by atoms with Crippen molar-refractivity contribution < 1.29 is 9.13 Å². The van der Waals surface area contributed by atoms with Crippen molar-refractivity contribution in [2.45, 2.75) is 6.92 Å². The number of rotatable bonds is 4. The first-order chi connectivity index (χ1) is 9.13. The van der Waals surface area contributed by atoms with Crippen LogP contribution in [0.25, 0.3) is 17.1 Å². The van der Waals surface area contributed by atoms with Crippen LogP contribution in [0.4, 0.5) is 4.39 Å². The van der Waals surface area contributed by atoms with E-state index in [4.69, 9.17) is 16.3 Å². The molecule has 1 aromatic heterocycles. The molecule has 0 unspecified atom stereocenters. The van der Waals surface area contributed by atoms with E-state index < -0.39 is 5.82 Å². The summed E-state index contributed by atoms with van der Waals surface area (Å²) in [6.45, 7) is 5.80. The highest BCUT2D eigenvalue weighted by Crippen LogP contribution is 2.25. The van der Waals surface area contributed by atoms with Crippen LogP contribution < -0.4 is 0 Å². The van der Waals surface area contributed by atoms with Gasteiger partial charge in [-0.1, -0.05) is 48.5 Å². The Morgan fingerprint density at radius 2 is 2.00 bits per heavy atom. The van der Waals surface area contributed by atoms with Crippen molar-refractivity contribution in [3.63, 3.8) is 0 Å². The maximum Gasteiger partial charge on any atom is 0.189 e. The average Bonchev–Trinajstić information content (AvgIpc) is 2.43. The molecule has 1 heterocycles. The maximum atomic E-state index is 13.9. The lowest BCUT2D eigenvalue weighted by Crippen LogP contribution is -2.02. The van der Waals surface area contributed by atoms with E-state index in [0.29, 0.717) is 12.4 Å². The molecule has 2 rings (SSSR count). The number of benzene rings is 1. The van der Waals surface area contributed by atoms with Gasteiger partial charge in [0, 0.05) is 5.56 Å². The summed E-state index contributed by atoms with van der Waals surface area (Å²) in [5, 5.41) is -0.246. The topological polar surface area (TPSA) is 35.0 Å². The standard InChI is InChI=1S/C14H12ClFN2O/c1-3-19-9(2)12-11(16)13(15)18-14(17-12)10-7-5-4-6-8-10/h4-8H,2-3H2,1H3. The summed E-state index contributed by atoms with van der Waals surface area (Å²) >= 11 is 5.79. The van der Waals surface area contributed by atoms with Crippen molar-refractivity contribution in [1.29, 1.82) is 0 Å². The smallest absolute Gasteiger partial charge is 0.189 e. The molecule has 0 radical (unpaired) electrons. The summed E-state index contributed by atoms with van der Waals surface area (Å²) in [5.74, 6) is -0.246. The van der Waals surface area contributed by atoms with E-state index >= 15 is 0 Å². The third-order valence-electron chi connectivity index (χ3n) is 2.43. The fourth-order valence-corrected chi connectivity index (χ4v) is 1.73.